The van der Waals surface area contributed by atoms with Gasteiger partial charge in [-0.1, -0.05) is 79.4 Å². The fourth-order valence-electron chi connectivity index (χ4n) is 9.24. The molecule has 4 aliphatic rings. The third-order valence-corrected chi connectivity index (χ3v) is 12.2. The maximum atomic E-state index is 7.63. The van der Waals surface area contributed by atoms with Crippen LogP contribution in [0.3, 0.4) is 0 Å². The second kappa shape index (κ2) is 7.59. The smallest absolute Gasteiger partial charge is 0.0296 e. The zero-order valence-electron chi connectivity index (χ0n) is 21.8. The molecule has 4 N–H and O–H groups in total. The van der Waals surface area contributed by atoms with Gasteiger partial charge < -0.3 is 11.5 Å². The summed E-state index contributed by atoms with van der Waals surface area (Å²) in [7, 11) is 0. The third-order valence-electron chi connectivity index (χ3n) is 12.2. The molecule has 0 amide bonds. The van der Waals surface area contributed by atoms with Gasteiger partial charge in [-0.25, -0.2) is 0 Å². The summed E-state index contributed by atoms with van der Waals surface area (Å²) in [6.07, 6.45) is 16.4. The van der Waals surface area contributed by atoms with E-state index in [2.05, 4.69) is 54.5 Å². The molecule has 4 aliphatic carbocycles. The van der Waals surface area contributed by atoms with Gasteiger partial charge in [0.2, 0.25) is 0 Å². The lowest BCUT2D eigenvalue weighted by Crippen LogP contribution is -2.76. The van der Waals surface area contributed by atoms with Crippen LogP contribution in [0.2, 0.25) is 0 Å². The molecular formula is C29H52N2. The largest absolute Gasteiger partial charge is 0.324 e. The maximum absolute atomic E-state index is 7.63. The topological polar surface area (TPSA) is 52.0 Å². The maximum Gasteiger partial charge on any atom is 0.0296 e. The van der Waals surface area contributed by atoms with Crippen molar-refractivity contribution in [3.05, 3.63) is 11.6 Å². The van der Waals surface area contributed by atoms with Crippen LogP contribution in [0.5, 0.6) is 0 Å². The standard InChI is InChI=1S/C29H52N2/c1-20(2)9-8-10-22(4)25(5)15-17-29(31)24-12-11-23-19-21(3)13-14-26(23,6)28(24,30)18-16-27(25,29)7/h11,20-22,24H,8-10,12-19,30-31H2,1-7H3/t21?,22-,24?,25-,26?,27?,28-,29-/m1/s1. The first-order valence-corrected chi connectivity index (χ1v) is 13.6. The van der Waals surface area contributed by atoms with E-state index in [1.54, 1.807) is 5.57 Å². The monoisotopic (exact) mass is 428 g/mol. The summed E-state index contributed by atoms with van der Waals surface area (Å²) in [5.74, 6) is 2.77. The molecule has 3 saturated carbocycles. The molecule has 0 bridgehead atoms. The highest BCUT2D eigenvalue weighted by atomic mass is 15.0. The first kappa shape index (κ1) is 23.8. The van der Waals surface area contributed by atoms with Gasteiger partial charge in [-0.2, -0.15) is 0 Å². The molecule has 0 heterocycles. The molecule has 2 heteroatoms. The average Bonchev–Trinajstić information content (AvgIpc) is 2.91. The van der Waals surface area contributed by atoms with Crippen LogP contribution in [0.4, 0.5) is 0 Å². The zero-order chi connectivity index (χ0) is 22.9. The Morgan fingerprint density at radius 3 is 2.29 bits per heavy atom. The average molecular weight is 429 g/mol. The van der Waals surface area contributed by atoms with Crippen LogP contribution in [0.1, 0.15) is 119 Å². The van der Waals surface area contributed by atoms with E-state index in [0.717, 1.165) is 37.0 Å². The highest BCUT2D eigenvalue weighted by molar-refractivity contribution is 5.36. The third kappa shape index (κ3) is 3.09. The first-order valence-electron chi connectivity index (χ1n) is 13.6. The van der Waals surface area contributed by atoms with Crippen LogP contribution in [-0.4, -0.2) is 11.1 Å². The minimum atomic E-state index is -0.130. The molecule has 0 aromatic heterocycles. The number of hydrogen-bond donors (Lipinski definition) is 2. The Morgan fingerprint density at radius 1 is 0.935 bits per heavy atom. The predicted octanol–water partition coefficient (Wildman–Crippen LogP) is 7.22. The lowest BCUT2D eigenvalue weighted by Gasteiger charge is -2.68. The van der Waals surface area contributed by atoms with Gasteiger partial charge in [-0.05, 0) is 85.9 Å². The Kier molecular flexibility index (Phi) is 5.83. The number of nitrogens with two attached hydrogens (primary N) is 2. The van der Waals surface area contributed by atoms with Crippen molar-refractivity contribution in [3.63, 3.8) is 0 Å². The van der Waals surface area contributed by atoms with Crippen LogP contribution in [0, 0.1) is 39.9 Å². The Morgan fingerprint density at radius 2 is 1.61 bits per heavy atom. The van der Waals surface area contributed by atoms with E-state index in [1.807, 2.05) is 0 Å². The summed E-state index contributed by atoms with van der Waals surface area (Å²) in [5.41, 5.74) is 17.3. The van der Waals surface area contributed by atoms with E-state index in [4.69, 9.17) is 11.5 Å². The number of fused-ring (bicyclic) bond motifs is 5. The Hall–Kier alpha value is -0.340. The Balaban J connectivity index is 1.65. The van der Waals surface area contributed by atoms with Crippen LogP contribution in [-0.2, 0) is 0 Å². The molecule has 8 atom stereocenters. The molecule has 3 fully saturated rings. The van der Waals surface area contributed by atoms with Crippen molar-refractivity contribution < 1.29 is 0 Å². The predicted molar refractivity (Wildman–Crippen MR) is 134 cm³/mol. The van der Waals surface area contributed by atoms with Gasteiger partial charge in [-0.3, -0.25) is 0 Å². The lowest BCUT2D eigenvalue weighted by molar-refractivity contribution is -0.114. The van der Waals surface area contributed by atoms with E-state index in [-0.39, 0.29) is 21.9 Å². The lowest BCUT2D eigenvalue weighted by atomic mass is 9.39. The van der Waals surface area contributed by atoms with Crippen molar-refractivity contribution >= 4 is 0 Å². The zero-order valence-corrected chi connectivity index (χ0v) is 21.8. The molecule has 0 aliphatic heterocycles. The summed E-state index contributed by atoms with van der Waals surface area (Å²) < 4.78 is 0. The van der Waals surface area contributed by atoms with Gasteiger partial charge in [0.05, 0.1) is 0 Å². The van der Waals surface area contributed by atoms with Gasteiger partial charge in [-0.15, -0.1) is 0 Å². The number of rotatable bonds is 5. The van der Waals surface area contributed by atoms with Crippen molar-refractivity contribution in [1.29, 1.82) is 0 Å². The molecule has 0 aromatic carbocycles. The van der Waals surface area contributed by atoms with Gasteiger partial charge in [0, 0.05) is 16.5 Å². The van der Waals surface area contributed by atoms with Crippen molar-refractivity contribution in [2.45, 2.75) is 130 Å². The molecule has 31 heavy (non-hydrogen) atoms. The van der Waals surface area contributed by atoms with E-state index in [9.17, 15) is 0 Å². The van der Waals surface area contributed by atoms with Crippen molar-refractivity contribution in [2.24, 2.45) is 51.4 Å². The molecule has 2 nitrogen and oxygen atoms in total. The molecule has 178 valence electrons. The van der Waals surface area contributed by atoms with E-state index in [0.29, 0.717) is 11.3 Å². The minimum Gasteiger partial charge on any atom is -0.324 e. The molecule has 0 saturated heterocycles. The molecule has 4 rings (SSSR count). The fraction of sp³-hybridized carbons (Fsp3) is 0.931. The van der Waals surface area contributed by atoms with E-state index >= 15 is 0 Å². The van der Waals surface area contributed by atoms with Crippen molar-refractivity contribution in [1.82, 2.24) is 0 Å². The second-order valence-corrected chi connectivity index (χ2v) is 13.8. The van der Waals surface area contributed by atoms with E-state index < -0.39 is 0 Å². The summed E-state index contributed by atoms with van der Waals surface area (Å²) in [6.45, 7) is 17.3. The summed E-state index contributed by atoms with van der Waals surface area (Å²) >= 11 is 0. The van der Waals surface area contributed by atoms with E-state index in [1.165, 1.54) is 51.4 Å². The number of hydrogen-bond acceptors (Lipinski definition) is 2. The number of allylic oxidation sites excluding steroid dienone is 1. The van der Waals surface area contributed by atoms with Crippen LogP contribution < -0.4 is 11.5 Å². The first-order chi connectivity index (χ1) is 14.3. The molecule has 0 aromatic rings. The molecule has 0 spiro atoms. The van der Waals surface area contributed by atoms with Gasteiger partial charge in [0.15, 0.2) is 0 Å². The molecule has 0 radical (unpaired) electrons. The highest BCUT2D eigenvalue weighted by Gasteiger charge is 2.72. The van der Waals surface area contributed by atoms with Crippen LogP contribution >= 0.6 is 0 Å². The normalized spacial score (nSPS) is 50.5. The Labute approximate surface area is 193 Å². The molecular weight excluding hydrogens is 376 g/mol. The summed E-state index contributed by atoms with van der Waals surface area (Å²) in [4.78, 5) is 0. The van der Waals surface area contributed by atoms with Crippen LogP contribution in [0.15, 0.2) is 11.6 Å². The fourth-order valence-corrected chi connectivity index (χ4v) is 9.24. The van der Waals surface area contributed by atoms with Crippen molar-refractivity contribution in [3.8, 4) is 0 Å². The summed E-state index contributed by atoms with van der Waals surface area (Å²) in [5, 5.41) is 0. The van der Waals surface area contributed by atoms with Gasteiger partial charge in [0.25, 0.3) is 0 Å². The molecule has 4 unspecified atom stereocenters. The SMILES string of the molecule is CC(C)CCC[C@@H](C)[C@@]1(C)CC[C@@]2(N)C3CC=C4CC(C)CCC4(C)[C@@]3(N)CCC21C. The summed E-state index contributed by atoms with van der Waals surface area (Å²) in [6, 6.07) is 0. The van der Waals surface area contributed by atoms with Gasteiger partial charge in [0.1, 0.15) is 0 Å². The minimum absolute atomic E-state index is 0.127. The second-order valence-electron chi connectivity index (χ2n) is 13.8. The highest BCUT2D eigenvalue weighted by Crippen LogP contribution is 2.72. The van der Waals surface area contributed by atoms with Gasteiger partial charge >= 0.3 is 0 Å². The quantitative estimate of drug-likeness (QED) is 0.454. The van der Waals surface area contributed by atoms with Crippen molar-refractivity contribution in [2.75, 3.05) is 0 Å². The van der Waals surface area contributed by atoms with Crippen LogP contribution in [0.25, 0.3) is 0 Å². The Bertz CT molecular complexity index is 726.